The molecule has 2 heterocycles. The van der Waals surface area contributed by atoms with Crippen LogP contribution in [0.3, 0.4) is 0 Å². The normalized spacial score (nSPS) is 20.8. The molecular weight excluding hydrogens is 320 g/mol. The standard InChI is InChI=1S/C16H19ClN2O2S/c1-2-19(13-7-9-22(20,21)11-13)10-12-5-6-15(17)14-4-3-8-18-16(12)14/h3-6,8,13H,2,7,9-11H2,1H3. The third-order valence-corrected chi connectivity index (χ3v) is 6.38. The highest BCUT2D eigenvalue weighted by Crippen LogP contribution is 2.27. The summed E-state index contributed by atoms with van der Waals surface area (Å²) in [5.41, 5.74) is 1.99. The average Bonchev–Trinajstić information content (AvgIpc) is 2.87. The first-order valence-electron chi connectivity index (χ1n) is 7.47. The van der Waals surface area contributed by atoms with Gasteiger partial charge in [0.1, 0.15) is 0 Å². The molecule has 1 aromatic carbocycles. The topological polar surface area (TPSA) is 50.3 Å². The van der Waals surface area contributed by atoms with Gasteiger partial charge in [0, 0.05) is 29.2 Å². The third-order valence-electron chi connectivity index (χ3n) is 4.30. The van der Waals surface area contributed by atoms with Crippen molar-refractivity contribution in [2.75, 3.05) is 18.1 Å². The largest absolute Gasteiger partial charge is 0.295 e. The van der Waals surface area contributed by atoms with Crippen molar-refractivity contribution in [2.24, 2.45) is 0 Å². The van der Waals surface area contributed by atoms with Gasteiger partial charge in [-0.2, -0.15) is 0 Å². The van der Waals surface area contributed by atoms with Gasteiger partial charge >= 0.3 is 0 Å². The van der Waals surface area contributed by atoms with Gasteiger partial charge < -0.3 is 0 Å². The van der Waals surface area contributed by atoms with E-state index in [1.165, 1.54) is 0 Å². The van der Waals surface area contributed by atoms with Crippen molar-refractivity contribution < 1.29 is 8.42 Å². The number of pyridine rings is 1. The summed E-state index contributed by atoms with van der Waals surface area (Å²) < 4.78 is 23.4. The minimum Gasteiger partial charge on any atom is -0.295 e. The Hall–Kier alpha value is -1.17. The van der Waals surface area contributed by atoms with E-state index in [4.69, 9.17) is 11.6 Å². The van der Waals surface area contributed by atoms with Crippen LogP contribution in [0.5, 0.6) is 0 Å². The number of benzene rings is 1. The lowest BCUT2D eigenvalue weighted by Crippen LogP contribution is -2.35. The van der Waals surface area contributed by atoms with E-state index in [0.29, 0.717) is 17.3 Å². The van der Waals surface area contributed by atoms with Gasteiger partial charge in [-0.25, -0.2) is 8.42 Å². The molecule has 0 radical (unpaired) electrons. The summed E-state index contributed by atoms with van der Waals surface area (Å²) >= 11 is 6.23. The maximum Gasteiger partial charge on any atom is 0.151 e. The first-order chi connectivity index (χ1) is 10.5. The number of nitrogens with zero attached hydrogens (tertiary/aromatic N) is 2. The Morgan fingerprint density at radius 1 is 1.36 bits per heavy atom. The highest BCUT2D eigenvalue weighted by molar-refractivity contribution is 7.91. The van der Waals surface area contributed by atoms with Crippen molar-refractivity contribution >= 4 is 32.3 Å². The van der Waals surface area contributed by atoms with Gasteiger partial charge in [0.25, 0.3) is 0 Å². The zero-order valence-corrected chi connectivity index (χ0v) is 14.1. The number of fused-ring (bicyclic) bond motifs is 1. The molecule has 4 nitrogen and oxygen atoms in total. The summed E-state index contributed by atoms with van der Waals surface area (Å²) in [7, 11) is -2.87. The van der Waals surface area contributed by atoms with Gasteiger partial charge in [0.15, 0.2) is 9.84 Å². The molecule has 1 aliphatic rings. The second kappa shape index (κ2) is 6.14. The highest BCUT2D eigenvalue weighted by Gasteiger charge is 2.31. The van der Waals surface area contributed by atoms with Crippen LogP contribution in [-0.4, -0.2) is 42.4 Å². The third kappa shape index (κ3) is 3.12. The Kier molecular flexibility index (Phi) is 4.39. The van der Waals surface area contributed by atoms with Crippen molar-refractivity contribution in [3.63, 3.8) is 0 Å². The first kappa shape index (κ1) is 15.7. The predicted octanol–water partition coefficient (Wildman–Crippen LogP) is 2.90. The van der Waals surface area contributed by atoms with E-state index in [2.05, 4.69) is 16.8 Å². The van der Waals surface area contributed by atoms with E-state index < -0.39 is 9.84 Å². The molecule has 0 aliphatic carbocycles. The average molecular weight is 339 g/mol. The maximum atomic E-state index is 11.7. The summed E-state index contributed by atoms with van der Waals surface area (Å²) in [6.07, 6.45) is 2.48. The predicted molar refractivity (Wildman–Crippen MR) is 89.9 cm³/mol. The zero-order chi connectivity index (χ0) is 15.7. The lowest BCUT2D eigenvalue weighted by Gasteiger charge is -2.27. The lowest BCUT2D eigenvalue weighted by atomic mass is 10.1. The molecule has 0 bridgehead atoms. The fourth-order valence-corrected chi connectivity index (χ4v) is 5.08. The SMILES string of the molecule is CCN(Cc1ccc(Cl)c2cccnc12)C1CCS(=O)(=O)C1. The van der Waals surface area contributed by atoms with E-state index in [1.807, 2.05) is 24.3 Å². The van der Waals surface area contributed by atoms with Crippen molar-refractivity contribution in [1.29, 1.82) is 0 Å². The van der Waals surface area contributed by atoms with Crippen LogP contribution in [0.2, 0.25) is 5.02 Å². The van der Waals surface area contributed by atoms with E-state index in [1.54, 1.807) is 6.20 Å². The minimum absolute atomic E-state index is 0.101. The summed E-state index contributed by atoms with van der Waals surface area (Å²) in [5, 5.41) is 1.63. The van der Waals surface area contributed by atoms with Gasteiger partial charge in [0.05, 0.1) is 17.0 Å². The van der Waals surface area contributed by atoms with E-state index >= 15 is 0 Å². The minimum atomic E-state index is -2.87. The van der Waals surface area contributed by atoms with Crippen LogP contribution < -0.4 is 0 Å². The zero-order valence-electron chi connectivity index (χ0n) is 12.5. The fourth-order valence-electron chi connectivity index (χ4n) is 3.11. The molecule has 118 valence electrons. The number of hydrogen-bond acceptors (Lipinski definition) is 4. The fraction of sp³-hybridized carbons (Fsp3) is 0.438. The van der Waals surface area contributed by atoms with Crippen LogP contribution in [0.25, 0.3) is 10.9 Å². The summed E-state index contributed by atoms with van der Waals surface area (Å²) in [4.78, 5) is 6.68. The molecule has 1 atom stereocenters. The van der Waals surface area contributed by atoms with Crippen LogP contribution in [0.4, 0.5) is 0 Å². The number of sulfone groups is 1. The van der Waals surface area contributed by atoms with Crippen molar-refractivity contribution in [1.82, 2.24) is 9.88 Å². The molecule has 2 aromatic rings. The molecule has 1 unspecified atom stereocenters. The molecule has 0 spiro atoms. The lowest BCUT2D eigenvalue weighted by molar-refractivity contribution is 0.215. The summed E-state index contributed by atoms with van der Waals surface area (Å²) in [6, 6.07) is 7.82. The molecule has 1 aromatic heterocycles. The molecule has 1 saturated heterocycles. The maximum absolute atomic E-state index is 11.7. The highest BCUT2D eigenvalue weighted by atomic mass is 35.5. The Morgan fingerprint density at radius 3 is 2.86 bits per heavy atom. The van der Waals surface area contributed by atoms with Crippen LogP contribution in [0.1, 0.15) is 18.9 Å². The molecule has 0 saturated carbocycles. The molecule has 6 heteroatoms. The van der Waals surface area contributed by atoms with E-state index in [0.717, 1.165) is 29.4 Å². The number of aromatic nitrogens is 1. The van der Waals surface area contributed by atoms with Gasteiger partial charge in [-0.3, -0.25) is 9.88 Å². The molecule has 3 rings (SSSR count). The molecule has 0 amide bonds. The smallest absolute Gasteiger partial charge is 0.151 e. The number of halogens is 1. The van der Waals surface area contributed by atoms with Gasteiger partial charge in [-0.1, -0.05) is 24.6 Å². The molecule has 1 aliphatic heterocycles. The second-order valence-corrected chi connectivity index (χ2v) is 8.36. The summed E-state index contributed by atoms with van der Waals surface area (Å²) in [5.74, 6) is 0.563. The molecule has 1 fully saturated rings. The quantitative estimate of drug-likeness (QED) is 0.860. The molecular formula is C16H19ClN2O2S. The van der Waals surface area contributed by atoms with E-state index in [9.17, 15) is 8.42 Å². The first-order valence-corrected chi connectivity index (χ1v) is 9.66. The van der Waals surface area contributed by atoms with Crippen LogP contribution in [0, 0.1) is 0 Å². The Labute approximate surface area is 136 Å². The monoisotopic (exact) mass is 338 g/mol. The number of rotatable bonds is 4. The Balaban J connectivity index is 1.90. The van der Waals surface area contributed by atoms with Crippen LogP contribution in [0.15, 0.2) is 30.5 Å². The van der Waals surface area contributed by atoms with Gasteiger partial charge in [-0.05, 0) is 36.7 Å². The van der Waals surface area contributed by atoms with Gasteiger partial charge in [-0.15, -0.1) is 0 Å². The number of hydrogen-bond donors (Lipinski definition) is 0. The van der Waals surface area contributed by atoms with Crippen molar-refractivity contribution in [3.8, 4) is 0 Å². The van der Waals surface area contributed by atoms with Crippen molar-refractivity contribution in [2.45, 2.75) is 25.9 Å². The van der Waals surface area contributed by atoms with Crippen LogP contribution >= 0.6 is 11.6 Å². The molecule has 22 heavy (non-hydrogen) atoms. The second-order valence-electron chi connectivity index (χ2n) is 5.73. The van der Waals surface area contributed by atoms with Crippen molar-refractivity contribution in [3.05, 3.63) is 41.0 Å². The van der Waals surface area contributed by atoms with Gasteiger partial charge in [0.2, 0.25) is 0 Å². The summed E-state index contributed by atoms with van der Waals surface area (Å²) in [6.45, 7) is 3.58. The van der Waals surface area contributed by atoms with Crippen LogP contribution in [-0.2, 0) is 16.4 Å². The van der Waals surface area contributed by atoms with E-state index in [-0.39, 0.29) is 11.8 Å². The Bertz CT molecular complexity index is 792. The molecule has 0 N–H and O–H groups in total. The Morgan fingerprint density at radius 2 is 2.18 bits per heavy atom.